The highest BCUT2D eigenvalue weighted by molar-refractivity contribution is 5.99. The number of para-hydroxylation sites is 1. The maximum absolute atomic E-state index is 12.5. The van der Waals surface area contributed by atoms with Crippen LogP contribution in [0.4, 0.5) is 10.5 Å². The standard InChI is InChI=1S/C15H22N4O3/c1-15(2,17-14(21)22)9-11-12(16)13(20)19(18(11)3)10-7-5-4-6-8-10/h4-8,11-12,17H,9,16H2,1-3H3,(H,21,22). The van der Waals surface area contributed by atoms with Gasteiger partial charge < -0.3 is 16.2 Å². The van der Waals surface area contributed by atoms with E-state index in [-0.39, 0.29) is 11.9 Å². The molecule has 2 unspecified atom stereocenters. The van der Waals surface area contributed by atoms with E-state index < -0.39 is 17.7 Å². The molecule has 2 atom stereocenters. The van der Waals surface area contributed by atoms with E-state index >= 15 is 0 Å². The predicted molar refractivity (Wildman–Crippen MR) is 83.3 cm³/mol. The van der Waals surface area contributed by atoms with Crippen molar-refractivity contribution in [1.29, 1.82) is 0 Å². The zero-order valence-electron chi connectivity index (χ0n) is 13.0. The number of hydrazine groups is 1. The summed E-state index contributed by atoms with van der Waals surface area (Å²) in [5.74, 6) is -0.190. The van der Waals surface area contributed by atoms with Crippen molar-refractivity contribution >= 4 is 17.7 Å². The van der Waals surface area contributed by atoms with Crippen molar-refractivity contribution in [2.75, 3.05) is 12.1 Å². The van der Waals surface area contributed by atoms with Gasteiger partial charge in [0.1, 0.15) is 6.04 Å². The average Bonchev–Trinajstić information content (AvgIpc) is 2.62. The Kier molecular flexibility index (Phi) is 4.39. The highest BCUT2D eigenvalue weighted by atomic mass is 16.4. The fraction of sp³-hybridized carbons (Fsp3) is 0.467. The summed E-state index contributed by atoms with van der Waals surface area (Å²) in [7, 11) is 1.79. The molecule has 22 heavy (non-hydrogen) atoms. The molecule has 0 saturated carbocycles. The highest BCUT2D eigenvalue weighted by Gasteiger charge is 2.45. The van der Waals surface area contributed by atoms with E-state index in [2.05, 4.69) is 5.32 Å². The van der Waals surface area contributed by atoms with Gasteiger partial charge in [-0.2, -0.15) is 0 Å². The Morgan fingerprint density at radius 1 is 1.36 bits per heavy atom. The van der Waals surface area contributed by atoms with E-state index in [1.807, 2.05) is 30.3 Å². The van der Waals surface area contributed by atoms with Crippen LogP contribution in [-0.4, -0.2) is 46.8 Å². The summed E-state index contributed by atoms with van der Waals surface area (Å²) < 4.78 is 0. The van der Waals surface area contributed by atoms with Crippen LogP contribution in [0, 0.1) is 0 Å². The lowest BCUT2D eigenvalue weighted by atomic mass is 9.92. The van der Waals surface area contributed by atoms with Gasteiger partial charge in [0.2, 0.25) is 0 Å². The Balaban J connectivity index is 2.21. The third-order valence-electron chi connectivity index (χ3n) is 3.87. The molecule has 0 aromatic heterocycles. The molecule has 0 bridgehead atoms. The van der Waals surface area contributed by atoms with Gasteiger partial charge in [0, 0.05) is 12.6 Å². The molecule has 7 heteroatoms. The number of carbonyl (C=O) groups is 2. The minimum Gasteiger partial charge on any atom is -0.465 e. The van der Waals surface area contributed by atoms with E-state index in [4.69, 9.17) is 10.8 Å². The lowest BCUT2D eigenvalue weighted by Crippen LogP contribution is -2.51. The first-order valence-electron chi connectivity index (χ1n) is 7.11. The number of hydrogen-bond donors (Lipinski definition) is 3. The van der Waals surface area contributed by atoms with Crippen LogP contribution in [0.15, 0.2) is 30.3 Å². The molecule has 1 aromatic rings. The van der Waals surface area contributed by atoms with Crippen molar-refractivity contribution in [2.45, 2.75) is 37.9 Å². The van der Waals surface area contributed by atoms with Crippen LogP contribution < -0.4 is 16.1 Å². The van der Waals surface area contributed by atoms with Gasteiger partial charge in [0.25, 0.3) is 5.91 Å². The van der Waals surface area contributed by atoms with Crippen molar-refractivity contribution < 1.29 is 14.7 Å². The topological polar surface area (TPSA) is 98.9 Å². The van der Waals surface area contributed by atoms with Crippen LogP contribution in [0.25, 0.3) is 0 Å². The number of nitrogens with two attached hydrogens (primary N) is 1. The van der Waals surface area contributed by atoms with E-state index in [0.717, 1.165) is 5.69 Å². The van der Waals surface area contributed by atoms with E-state index in [9.17, 15) is 9.59 Å². The number of nitrogens with zero attached hydrogens (tertiary/aromatic N) is 2. The molecule has 1 aliphatic rings. The lowest BCUT2D eigenvalue weighted by molar-refractivity contribution is -0.118. The number of carbonyl (C=O) groups excluding carboxylic acids is 1. The molecule has 1 heterocycles. The van der Waals surface area contributed by atoms with Crippen LogP contribution in [0.2, 0.25) is 0 Å². The normalized spacial score (nSPS) is 22.9. The second-order valence-corrected chi connectivity index (χ2v) is 6.17. The second kappa shape index (κ2) is 5.94. The van der Waals surface area contributed by atoms with E-state index in [0.29, 0.717) is 6.42 Å². The fourth-order valence-electron chi connectivity index (χ4n) is 2.84. The largest absolute Gasteiger partial charge is 0.465 e. The van der Waals surface area contributed by atoms with Crippen LogP contribution in [-0.2, 0) is 4.79 Å². The Morgan fingerprint density at radius 3 is 2.50 bits per heavy atom. The number of benzene rings is 1. The predicted octanol–water partition coefficient (Wildman–Crippen LogP) is 1.01. The van der Waals surface area contributed by atoms with Crippen LogP contribution in [0.1, 0.15) is 20.3 Å². The fourth-order valence-corrected chi connectivity index (χ4v) is 2.84. The molecule has 1 saturated heterocycles. The highest BCUT2D eigenvalue weighted by Crippen LogP contribution is 2.29. The van der Waals surface area contributed by atoms with Crippen molar-refractivity contribution in [2.24, 2.45) is 5.73 Å². The first kappa shape index (κ1) is 16.3. The zero-order valence-corrected chi connectivity index (χ0v) is 13.0. The Bertz CT molecular complexity index is 561. The summed E-state index contributed by atoms with van der Waals surface area (Å²) in [4.78, 5) is 23.3. The van der Waals surface area contributed by atoms with Gasteiger partial charge in [-0.3, -0.25) is 4.79 Å². The molecule has 1 fully saturated rings. The van der Waals surface area contributed by atoms with Gasteiger partial charge in [-0.25, -0.2) is 14.8 Å². The Morgan fingerprint density at radius 2 is 1.95 bits per heavy atom. The van der Waals surface area contributed by atoms with Gasteiger partial charge in [0.15, 0.2) is 0 Å². The third kappa shape index (κ3) is 3.20. The minimum atomic E-state index is -1.09. The zero-order chi connectivity index (χ0) is 16.5. The molecule has 0 aliphatic carbocycles. The van der Waals surface area contributed by atoms with Gasteiger partial charge >= 0.3 is 6.09 Å². The Labute approximate surface area is 129 Å². The summed E-state index contributed by atoms with van der Waals surface area (Å²) in [6, 6.07) is 8.28. The maximum atomic E-state index is 12.5. The summed E-state index contributed by atoms with van der Waals surface area (Å²) in [5.41, 5.74) is 6.13. The lowest BCUT2D eigenvalue weighted by Gasteiger charge is -2.33. The summed E-state index contributed by atoms with van der Waals surface area (Å²) in [6.45, 7) is 3.55. The number of carboxylic acid groups (broad SMARTS) is 1. The number of nitrogens with one attached hydrogen (secondary N) is 1. The van der Waals surface area contributed by atoms with Crippen LogP contribution in [0.3, 0.4) is 0 Å². The number of anilines is 1. The van der Waals surface area contributed by atoms with Crippen LogP contribution in [0.5, 0.6) is 0 Å². The molecule has 1 aliphatic heterocycles. The monoisotopic (exact) mass is 306 g/mol. The first-order chi connectivity index (χ1) is 10.2. The molecular formula is C15H22N4O3. The maximum Gasteiger partial charge on any atom is 0.405 e. The molecule has 2 rings (SSSR count). The average molecular weight is 306 g/mol. The summed E-state index contributed by atoms with van der Waals surface area (Å²) in [6.07, 6.45) is -0.670. The number of amides is 2. The molecule has 120 valence electrons. The third-order valence-corrected chi connectivity index (χ3v) is 3.87. The first-order valence-corrected chi connectivity index (χ1v) is 7.11. The molecule has 2 amide bonds. The van der Waals surface area contributed by atoms with Gasteiger partial charge in [0.05, 0.1) is 11.7 Å². The molecule has 0 spiro atoms. The second-order valence-electron chi connectivity index (χ2n) is 6.17. The quantitative estimate of drug-likeness (QED) is 0.771. The number of hydrogen-bond acceptors (Lipinski definition) is 4. The Hall–Kier alpha value is -2.12. The van der Waals surface area contributed by atoms with Crippen LogP contribution >= 0.6 is 0 Å². The van der Waals surface area contributed by atoms with E-state index in [1.54, 1.807) is 30.9 Å². The molecule has 7 nitrogen and oxygen atoms in total. The van der Waals surface area contributed by atoms with Crippen molar-refractivity contribution in [3.63, 3.8) is 0 Å². The van der Waals surface area contributed by atoms with Crippen molar-refractivity contribution in [3.8, 4) is 0 Å². The van der Waals surface area contributed by atoms with Gasteiger partial charge in [-0.1, -0.05) is 18.2 Å². The SMILES string of the molecule is CN1C(CC(C)(C)NC(=O)O)C(N)C(=O)N1c1ccccc1. The van der Waals surface area contributed by atoms with Crippen molar-refractivity contribution in [3.05, 3.63) is 30.3 Å². The molecule has 0 radical (unpaired) electrons. The smallest absolute Gasteiger partial charge is 0.405 e. The van der Waals surface area contributed by atoms with Crippen molar-refractivity contribution in [1.82, 2.24) is 10.3 Å². The molecule has 4 N–H and O–H groups in total. The molecular weight excluding hydrogens is 284 g/mol. The number of likely N-dealkylation sites (N-methyl/N-ethyl adjacent to an activating group) is 1. The van der Waals surface area contributed by atoms with Gasteiger partial charge in [-0.15, -0.1) is 0 Å². The summed E-state index contributed by atoms with van der Waals surface area (Å²) in [5, 5.41) is 14.7. The van der Waals surface area contributed by atoms with Gasteiger partial charge in [-0.05, 0) is 32.4 Å². The summed E-state index contributed by atoms with van der Waals surface area (Å²) >= 11 is 0. The number of rotatable bonds is 4. The molecule has 1 aromatic carbocycles. The minimum absolute atomic E-state index is 0.190. The van der Waals surface area contributed by atoms with E-state index in [1.165, 1.54) is 0 Å².